The van der Waals surface area contributed by atoms with Gasteiger partial charge in [0.05, 0.1) is 10.6 Å². The van der Waals surface area contributed by atoms with E-state index in [1.807, 2.05) is 30.3 Å². The van der Waals surface area contributed by atoms with Crippen molar-refractivity contribution in [2.45, 2.75) is 44.0 Å². The van der Waals surface area contributed by atoms with E-state index in [1.165, 1.54) is 29.5 Å². The molecule has 1 aromatic heterocycles. The van der Waals surface area contributed by atoms with Crippen LogP contribution in [0, 0.1) is 0 Å². The number of benzene rings is 2. The second kappa shape index (κ2) is 6.97. The van der Waals surface area contributed by atoms with E-state index in [2.05, 4.69) is 4.57 Å². The molecule has 0 saturated carbocycles. The zero-order chi connectivity index (χ0) is 19.0. The molecule has 0 spiro atoms. The Morgan fingerprint density at radius 3 is 2.48 bits per heavy atom. The van der Waals surface area contributed by atoms with Gasteiger partial charge in [-0.15, -0.1) is 0 Å². The van der Waals surface area contributed by atoms with Gasteiger partial charge in [0, 0.05) is 28.7 Å². The largest absolute Gasteiger partial charge is 0.340 e. The van der Waals surface area contributed by atoms with E-state index in [-0.39, 0.29) is 5.75 Å². The van der Waals surface area contributed by atoms with Crippen molar-refractivity contribution in [2.75, 3.05) is 5.75 Å². The molecule has 0 amide bonds. The van der Waals surface area contributed by atoms with E-state index in [9.17, 15) is 13.2 Å². The fraction of sp³-hybridized carbons (Fsp3) is 0.318. The van der Waals surface area contributed by atoms with Gasteiger partial charge in [-0.3, -0.25) is 4.79 Å². The molecule has 0 atom stereocenters. The van der Waals surface area contributed by atoms with Crippen molar-refractivity contribution in [1.82, 2.24) is 4.57 Å². The number of aromatic nitrogens is 1. The van der Waals surface area contributed by atoms with E-state index in [0.717, 1.165) is 30.2 Å². The molecule has 5 heteroatoms. The Bertz CT molecular complexity index is 1110. The summed E-state index contributed by atoms with van der Waals surface area (Å²) in [6, 6.07) is 13.1. The molecule has 2 aromatic carbocycles. The predicted octanol–water partition coefficient (Wildman–Crippen LogP) is 4.17. The van der Waals surface area contributed by atoms with Gasteiger partial charge in [-0.05, 0) is 67.1 Å². The number of carbonyl (C=O) groups is 1. The number of aryl methyl sites for hydroxylation is 1. The first kappa shape index (κ1) is 18.0. The molecule has 27 heavy (non-hydrogen) atoms. The summed E-state index contributed by atoms with van der Waals surface area (Å²) in [5.41, 5.74) is 5.66. The Morgan fingerprint density at radius 1 is 1.04 bits per heavy atom. The van der Waals surface area contributed by atoms with Gasteiger partial charge in [0.15, 0.2) is 9.84 Å². The Kier molecular flexibility index (Phi) is 4.64. The average molecular weight is 381 g/mol. The van der Waals surface area contributed by atoms with Crippen molar-refractivity contribution in [3.8, 4) is 0 Å². The van der Waals surface area contributed by atoms with Gasteiger partial charge in [-0.2, -0.15) is 0 Å². The van der Waals surface area contributed by atoms with E-state index < -0.39 is 9.84 Å². The lowest BCUT2D eigenvalue weighted by Crippen LogP contribution is -2.09. The van der Waals surface area contributed by atoms with Crippen LogP contribution in [0.5, 0.6) is 0 Å². The molecule has 4 nitrogen and oxygen atoms in total. The molecule has 3 aromatic rings. The van der Waals surface area contributed by atoms with Crippen molar-refractivity contribution in [3.05, 3.63) is 64.8 Å². The van der Waals surface area contributed by atoms with E-state index in [4.69, 9.17) is 0 Å². The third-order valence-electron chi connectivity index (χ3n) is 5.54. The van der Waals surface area contributed by atoms with E-state index in [1.54, 1.807) is 19.1 Å². The number of hydrogen-bond acceptors (Lipinski definition) is 3. The van der Waals surface area contributed by atoms with Crippen LogP contribution in [0.1, 0.15) is 46.9 Å². The molecular formula is C22H23NO3S. The topological polar surface area (TPSA) is 56.1 Å². The number of hydrogen-bond donors (Lipinski definition) is 0. The summed E-state index contributed by atoms with van der Waals surface area (Å²) in [6.45, 7) is 2.37. The quantitative estimate of drug-likeness (QED) is 0.623. The van der Waals surface area contributed by atoms with Gasteiger partial charge in [0.25, 0.3) is 0 Å². The Labute approximate surface area is 159 Å². The first-order chi connectivity index (χ1) is 13.0. The number of rotatable bonds is 5. The molecule has 0 fully saturated rings. The minimum atomic E-state index is -3.17. The lowest BCUT2D eigenvalue weighted by Gasteiger charge is -2.16. The fourth-order valence-corrected chi connectivity index (χ4v) is 4.94. The summed E-state index contributed by atoms with van der Waals surface area (Å²) in [4.78, 5) is 11.6. The number of sulfone groups is 1. The van der Waals surface area contributed by atoms with Crippen LogP contribution >= 0.6 is 0 Å². The molecule has 0 saturated heterocycles. The minimum absolute atomic E-state index is 0.112. The van der Waals surface area contributed by atoms with Gasteiger partial charge >= 0.3 is 0 Å². The van der Waals surface area contributed by atoms with Gasteiger partial charge in [-0.25, -0.2) is 8.42 Å². The van der Waals surface area contributed by atoms with Crippen LogP contribution in [-0.4, -0.2) is 25.0 Å². The molecule has 0 unspecified atom stereocenters. The van der Waals surface area contributed by atoms with Gasteiger partial charge in [0.2, 0.25) is 0 Å². The summed E-state index contributed by atoms with van der Waals surface area (Å²) in [7, 11) is -3.17. The Morgan fingerprint density at radius 2 is 1.78 bits per heavy atom. The summed E-state index contributed by atoms with van der Waals surface area (Å²) < 4.78 is 26.4. The molecule has 0 N–H and O–H groups in total. The molecule has 0 bridgehead atoms. The number of carbonyl (C=O) groups excluding carboxylic acids is 1. The predicted molar refractivity (Wildman–Crippen MR) is 107 cm³/mol. The van der Waals surface area contributed by atoms with Gasteiger partial charge in [-0.1, -0.05) is 19.1 Å². The Hall–Kier alpha value is -2.40. The maximum atomic E-state index is 12.0. The number of nitrogens with zero attached hydrogens (tertiary/aromatic N) is 1. The highest BCUT2D eigenvalue weighted by molar-refractivity contribution is 7.91. The normalized spacial score (nSPS) is 14.3. The van der Waals surface area contributed by atoms with E-state index >= 15 is 0 Å². The van der Waals surface area contributed by atoms with Crippen LogP contribution < -0.4 is 0 Å². The van der Waals surface area contributed by atoms with Crippen molar-refractivity contribution in [3.63, 3.8) is 0 Å². The maximum Gasteiger partial charge on any atom is 0.178 e. The zero-order valence-corrected chi connectivity index (χ0v) is 16.3. The summed E-state index contributed by atoms with van der Waals surface area (Å²) in [6.07, 6.45) is 5.36. The van der Waals surface area contributed by atoms with Crippen molar-refractivity contribution in [1.29, 1.82) is 0 Å². The second-order valence-electron chi connectivity index (χ2n) is 7.16. The third-order valence-corrected chi connectivity index (χ3v) is 7.29. The highest BCUT2D eigenvalue weighted by atomic mass is 32.2. The van der Waals surface area contributed by atoms with E-state index in [0.29, 0.717) is 17.0 Å². The van der Waals surface area contributed by atoms with Crippen LogP contribution in [-0.2, 0) is 29.2 Å². The molecule has 0 radical (unpaired) electrons. The first-order valence-corrected chi connectivity index (χ1v) is 11.1. The fourth-order valence-electron chi connectivity index (χ4n) is 4.06. The zero-order valence-electron chi connectivity index (χ0n) is 15.4. The second-order valence-corrected chi connectivity index (χ2v) is 9.44. The van der Waals surface area contributed by atoms with Gasteiger partial charge < -0.3 is 4.57 Å². The molecule has 140 valence electrons. The van der Waals surface area contributed by atoms with Crippen LogP contribution in [0.3, 0.4) is 0 Å². The maximum absolute atomic E-state index is 12.0. The molecular weight excluding hydrogens is 358 g/mol. The Balaban J connectivity index is 1.77. The smallest absolute Gasteiger partial charge is 0.178 e. The number of fused-ring (bicyclic) bond motifs is 3. The lowest BCUT2D eigenvalue weighted by atomic mass is 9.95. The molecule has 1 aliphatic rings. The van der Waals surface area contributed by atoms with Crippen LogP contribution in [0.2, 0.25) is 0 Å². The standard InChI is InChI=1S/C22H23NO3S/c1-2-27(25,26)18-10-7-16(8-11-18)14-23-21-6-4-3-5-19(21)20-13-17(15-24)9-12-22(20)23/h7-13,15H,2-6,14H2,1H3. The minimum Gasteiger partial charge on any atom is -0.340 e. The first-order valence-electron chi connectivity index (χ1n) is 9.44. The SMILES string of the molecule is CCS(=O)(=O)c1ccc(Cn2c3c(c4cc(C=O)ccc42)CCCC3)cc1. The lowest BCUT2D eigenvalue weighted by molar-refractivity contribution is 0.112. The van der Waals surface area contributed by atoms with Crippen molar-refractivity contribution >= 4 is 27.0 Å². The molecule has 1 aliphatic carbocycles. The van der Waals surface area contributed by atoms with Crippen molar-refractivity contribution in [2.24, 2.45) is 0 Å². The summed E-state index contributed by atoms with van der Waals surface area (Å²) >= 11 is 0. The average Bonchev–Trinajstić information content (AvgIpc) is 3.01. The van der Waals surface area contributed by atoms with Crippen LogP contribution in [0.4, 0.5) is 0 Å². The summed E-state index contributed by atoms with van der Waals surface area (Å²) in [5.74, 6) is 0.112. The van der Waals surface area contributed by atoms with Crippen molar-refractivity contribution < 1.29 is 13.2 Å². The monoisotopic (exact) mass is 381 g/mol. The third kappa shape index (κ3) is 3.21. The number of aldehydes is 1. The highest BCUT2D eigenvalue weighted by Gasteiger charge is 2.20. The molecule has 4 rings (SSSR count). The molecule has 1 heterocycles. The van der Waals surface area contributed by atoms with Gasteiger partial charge in [0.1, 0.15) is 6.29 Å². The van der Waals surface area contributed by atoms with Crippen LogP contribution in [0.15, 0.2) is 47.4 Å². The van der Waals surface area contributed by atoms with Crippen LogP contribution in [0.25, 0.3) is 10.9 Å². The summed E-state index contributed by atoms with van der Waals surface area (Å²) in [5, 5.41) is 1.18. The highest BCUT2D eigenvalue weighted by Crippen LogP contribution is 2.33. The molecule has 0 aliphatic heterocycles.